The lowest BCUT2D eigenvalue weighted by Crippen LogP contribution is -1.99. The average molecular weight is 423 g/mol. The van der Waals surface area contributed by atoms with Crippen molar-refractivity contribution >= 4 is 12.4 Å². The first-order valence-electron chi connectivity index (χ1n) is 10.9. The van der Waals surface area contributed by atoms with E-state index < -0.39 is 0 Å². The summed E-state index contributed by atoms with van der Waals surface area (Å²) in [6.07, 6.45) is 3.67. The molecule has 0 bridgehead atoms. The maximum atomic E-state index is 4.35. The number of aryl methyl sites for hydroxylation is 4. The summed E-state index contributed by atoms with van der Waals surface area (Å²) in [5.41, 5.74) is 11.7. The van der Waals surface area contributed by atoms with Gasteiger partial charge in [0.15, 0.2) is 0 Å². The van der Waals surface area contributed by atoms with Crippen LogP contribution in [-0.4, -0.2) is 21.6 Å². The van der Waals surface area contributed by atoms with Crippen LogP contribution in [0, 0.1) is 41.5 Å². The van der Waals surface area contributed by atoms with Crippen LogP contribution in [-0.2, 0) is 0 Å². The molecule has 0 aliphatic carbocycles. The summed E-state index contributed by atoms with van der Waals surface area (Å²) < 4.78 is 4.50. The van der Waals surface area contributed by atoms with Crippen molar-refractivity contribution in [3.05, 3.63) is 106 Å². The van der Waals surface area contributed by atoms with Crippen molar-refractivity contribution in [1.29, 1.82) is 0 Å². The predicted molar refractivity (Wildman–Crippen MR) is 135 cm³/mol. The molecule has 4 heteroatoms. The Morgan fingerprint density at radius 3 is 1.22 bits per heavy atom. The van der Waals surface area contributed by atoms with Gasteiger partial charge >= 0.3 is 0 Å². The minimum absolute atomic E-state index is 1.07. The van der Waals surface area contributed by atoms with Crippen molar-refractivity contribution < 1.29 is 0 Å². The van der Waals surface area contributed by atoms with Crippen LogP contribution in [0.3, 0.4) is 0 Å². The fourth-order valence-corrected chi connectivity index (χ4v) is 4.21. The van der Waals surface area contributed by atoms with Crippen LogP contribution in [0.15, 0.2) is 70.9 Å². The molecule has 4 aromatic rings. The SMILES string of the molecule is Cc1ccc(-n2c(C)cc(C=N/N=C\c3cc(C)n(-c4ccc(C)cc4)c3C)c2C)cc1. The maximum absolute atomic E-state index is 4.35. The molecule has 0 amide bonds. The third-order valence-electron chi connectivity index (χ3n) is 5.99. The molecule has 0 atom stereocenters. The van der Waals surface area contributed by atoms with E-state index >= 15 is 0 Å². The van der Waals surface area contributed by atoms with Gasteiger partial charge in [-0.05, 0) is 77.9 Å². The minimum atomic E-state index is 1.07. The Kier molecular flexibility index (Phi) is 5.95. The molecule has 0 aliphatic rings. The average Bonchev–Trinajstić information content (AvgIpc) is 3.21. The van der Waals surface area contributed by atoms with E-state index in [1.807, 2.05) is 12.4 Å². The van der Waals surface area contributed by atoms with Gasteiger partial charge in [0.1, 0.15) is 0 Å². The fourth-order valence-electron chi connectivity index (χ4n) is 4.21. The van der Waals surface area contributed by atoms with E-state index in [1.165, 1.54) is 22.5 Å². The first-order chi connectivity index (χ1) is 15.3. The largest absolute Gasteiger partial charge is 0.318 e. The van der Waals surface area contributed by atoms with Crippen LogP contribution in [0.4, 0.5) is 0 Å². The summed E-state index contributed by atoms with van der Waals surface area (Å²) in [6, 6.07) is 21.5. The zero-order valence-corrected chi connectivity index (χ0v) is 19.7. The number of hydrogen-bond donors (Lipinski definition) is 0. The lowest BCUT2D eigenvalue weighted by Gasteiger charge is -2.09. The van der Waals surface area contributed by atoms with Crippen molar-refractivity contribution in [3.63, 3.8) is 0 Å². The Labute approximate surface area is 190 Å². The number of hydrogen-bond acceptors (Lipinski definition) is 2. The molecule has 4 rings (SSSR count). The normalized spacial score (nSPS) is 11.8. The van der Waals surface area contributed by atoms with Crippen molar-refractivity contribution in [2.45, 2.75) is 41.5 Å². The van der Waals surface area contributed by atoms with Crippen LogP contribution < -0.4 is 0 Å². The third-order valence-corrected chi connectivity index (χ3v) is 5.99. The second-order valence-electron chi connectivity index (χ2n) is 8.48. The lowest BCUT2D eigenvalue weighted by atomic mass is 10.2. The summed E-state index contributed by atoms with van der Waals surface area (Å²) in [4.78, 5) is 0. The zero-order chi connectivity index (χ0) is 22.8. The van der Waals surface area contributed by atoms with Gasteiger partial charge in [-0.15, -0.1) is 0 Å². The molecule has 0 fully saturated rings. The Hall–Kier alpha value is -3.66. The molecule has 0 spiro atoms. The van der Waals surface area contributed by atoms with E-state index in [1.54, 1.807) is 0 Å². The highest BCUT2D eigenvalue weighted by atomic mass is 15.2. The van der Waals surface area contributed by atoms with Crippen LogP contribution in [0.5, 0.6) is 0 Å². The van der Waals surface area contributed by atoms with Crippen LogP contribution >= 0.6 is 0 Å². The van der Waals surface area contributed by atoms with Crippen LogP contribution in [0.25, 0.3) is 11.4 Å². The van der Waals surface area contributed by atoms with Gasteiger partial charge in [0.05, 0.1) is 12.4 Å². The quantitative estimate of drug-likeness (QED) is 0.257. The molecule has 0 N–H and O–H groups in total. The van der Waals surface area contributed by atoms with E-state index in [4.69, 9.17) is 0 Å². The summed E-state index contributed by atoms with van der Waals surface area (Å²) in [5, 5.41) is 8.69. The lowest BCUT2D eigenvalue weighted by molar-refractivity contribution is 0.963. The van der Waals surface area contributed by atoms with Gasteiger partial charge in [-0.1, -0.05) is 35.4 Å². The smallest absolute Gasteiger partial charge is 0.0586 e. The number of aromatic nitrogens is 2. The maximum Gasteiger partial charge on any atom is 0.0586 e. The molecule has 0 saturated heterocycles. The van der Waals surface area contributed by atoms with Gasteiger partial charge in [-0.25, -0.2) is 0 Å². The first kappa shape index (κ1) is 21.6. The van der Waals surface area contributed by atoms with E-state index in [0.29, 0.717) is 0 Å². The Bertz CT molecular complexity index is 1190. The molecule has 2 aromatic heterocycles. The molecule has 0 unspecified atom stereocenters. The van der Waals surface area contributed by atoms with Gasteiger partial charge in [0, 0.05) is 45.3 Å². The molecule has 4 nitrogen and oxygen atoms in total. The highest BCUT2D eigenvalue weighted by Crippen LogP contribution is 2.21. The van der Waals surface area contributed by atoms with Crippen LogP contribution in [0.2, 0.25) is 0 Å². The van der Waals surface area contributed by atoms with Gasteiger partial charge in [-0.3, -0.25) is 0 Å². The molecule has 162 valence electrons. The molecule has 2 aromatic carbocycles. The topological polar surface area (TPSA) is 34.6 Å². The molecule has 0 saturated carbocycles. The molecule has 32 heavy (non-hydrogen) atoms. The van der Waals surface area contributed by atoms with Gasteiger partial charge in [0.2, 0.25) is 0 Å². The molecular weight excluding hydrogens is 392 g/mol. The Balaban J connectivity index is 1.56. The highest BCUT2D eigenvalue weighted by molar-refractivity contribution is 5.85. The number of rotatable bonds is 5. The zero-order valence-electron chi connectivity index (χ0n) is 19.7. The molecular formula is C28H30N4. The number of benzene rings is 2. The molecule has 0 aliphatic heterocycles. The van der Waals surface area contributed by atoms with Crippen molar-refractivity contribution in [2.24, 2.45) is 10.2 Å². The van der Waals surface area contributed by atoms with E-state index in [9.17, 15) is 0 Å². The first-order valence-corrected chi connectivity index (χ1v) is 10.9. The van der Waals surface area contributed by atoms with Gasteiger partial charge < -0.3 is 9.13 Å². The predicted octanol–water partition coefficient (Wildman–Crippen LogP) is 6.57. The minimum Gasteiger partial charge on any atom is -0.318 e. The van der Waals surface area contributed by atoms with Crippen LogP contribution in [0.1, 0.15) is 45.0 Å². The summed E-state index contributed by atoms with van der Waals surface area (Å²) >= 11 is 0. The van der Waals surface area contributed by atoms with E-state index in [0.717, 1.165) is 33.9 Å². The third kappa shape index (κ3) is 4.22. The van der Waals surface area contributed by atoms with Crippen molar-refractivity contribution in [2.75, 3.05) is 0 Å². The fraction of sp³-hybridized carbons (Fsp3) is 0.214. The molecule has 2 heterocycles. The standard InChI is InChI=1S/C28H30N4/c1-19-7-11-27(12-8-19)31-21(3)15-25(23(31)5)17-29-30-18-26-16-22(4)32(24(26)6)28-13-9-20(2)10-14-28/h7-18H,1-6H3/b29-17-,30-18?. The van der Waals surface area contributed by atoms with E-state index in [-0.39, 0.29) is 0 Å². The second kappa shape index (κ2) is 8.83. The van der Waals surface area contributed by atoms with Crippen molar-refractivity contribution in [3.8, 4) is 11.4 Å². The number of nitrogens with zero attached hydrogens (tertiary/aromatic N) is 4. The highest BCUT2D eigenvalue weighted by Gasteiger charge is 2.10. The van der Waals surface area contributed by atoms with Gasteiger partial charge in [-0.2, -0.15) is 10.2 Å². The summed E-state index contributed by atoms with van der Waals surface area (Å²) in [5.74, 6) is 0. The Morgan fingerprint density at radius 2 is 0.875 bits per heavy atom. The Morgan fingerprint density at radius 1 is 0.531 bits per heavy atom. The summed E-state index contributed by atoms with van der Waals surface area (Å²) in [7, 11) is 0. The second-order valence-corrected chi connectivity index (χ2v) is 8.48. The monoisotopic (exact) mass is 422 g/mol. The summed E-state index contributed by atoms with van der Waals surface area (Å²) in [6.45, 7) is 12.7. The van der Waals surface area contributed by atoms with Crippen molar-refractivity contribution in [1.82, 2.24) is 9.13 Å². The van der Waals surface area contributed by atoms with E-state index in [2.05, 4.69) is 122 Å². The van der Waals surface area contributed by atoms with Gasteiger partial charge in [0.25, 0.3) is 0 Å². The molecule has 0 radical (unpaired) electrons.